The van der Waals surface area contributed by atoms with Crippen molar-refractivity contribution in [3.63, 3.8) is 0 Å². The van der Waals surface area contributed by atoms with Gasteiger partial charge in [-0.1, -0.05) is 95.2 Å². The molecule has 2 heterocycles. The number of rotatable bonds is 21. The minimum Gasteiger partial charge on any atom is -0.390 e. The Morgan fingerprint density at radius 1 is 0.557 bits per heavy atom. The summed E-state index contributed by atoms with van der Waals surface area (Å²) in [6.07, 6.45) is 3.25. The zero-order valence-electron chi connectivity index (χ0n) is 63.5. The number of allylic oxidation sites excluding steroid dienone is 2. The maximum absolute atomic E-state index is 15.6. The highest BCUT2D eigenvalue weighted by molar-refractivity contribution is 8.00. The molecule has 0 aromatic rings. The molecule has 556 valence electrons. The summed E-state index contributed by atoms with van der Waals surface area (Å²) < 4.78 is 11.4. The lowest BCUT2D eigenvalue weighted by molar-refractivity contribution is -0.157. The molecule has 2 aliphatic heterocycles. The van der Waals surface area contributed by atoms with Crippen molar-refractivity contribution in [3.8, 4) is 0 Å². The number of thioether (sulfide) groups is 1. The van der Waals surface area contributed by atoms with Gasteiger partial charge in [-0.25, -0.2) is 0 Å². The zero-order valence-corrected chi connectivity index (χ0v) is 64.3. The summed E-state index contributed by atoms with van der Waals surface area (Å²) in [5, 5.41) is 22.2. The summed E-state index contributed by atoms with van der Waals surface area (Å²) in [5.41, 5.74) is -1.05. The lowest BCUT2D eigenvalue weighted by atomic mass is 9.91. The number of hydrogen-bond acceptors (Lipinski definition) is 16. The molecule has 0 aromatic heterocycles. The first-order valence-electron chi connectivity index (χ1n) is 34.9. The molecule has 2 rings (SSSR count). The molecule has 2 aliphatic rings. The van der Waals surface area contributed by atoms with Gasteiger partial charge in [-0.05, 0) is 121 Å². The fraction of sp³-hybridized carbons (Fsp3) is 0.814. The van der Waals surface area contributed by atoms with Gasteiger partial charge in [-0.2, -0.15) is 0 Å². The van der Waals surface area contributed by atoms with E-state index in [1.54, 1.807) is 61.5 Å². The van der Waals surface area contributed by atoms with Crippen LogP contribution in [-0.4, -0.2) is 282 Å². The standard InChI is InChI=1S/C70H126N12O14S/c1-26-28-30-46(13)57(83)56-61(87)73-49(27-2)63(89)81(24)69(97-36-29-31-82-32-34-96-35-33-82)68(94)78(21)53(40-70(16,17)95-25)60(86)74-54(44(9)10)66(92)75(18)50(37-41(3)4)59(85)71-47(14)58(84)72-48(15)62(88)76(19)51(38-42(5)6)64(90)77(20)52(39-43(7)8)65(91)79(22)55(45(11)12)67(93)80(56)23/h26,28,41-57,69,83H,27,29-40H2,1-25H3,(H,71,85)(H,72,84)(H,73,87)(H,74,86)/b28-26+/t46-,47+,48-,49+,50+,51+,52+,53+,54+,55+,56+,57-,69-/m1/s1. The molecule has 0 aliphatic carbocycles. The van der Waals surface area contributed by atoms with E-state index in [0.29, 0.717) is 51.4 Å². The van der Waals surface area contributed by atoms with Gasteiger partial charge in [0.25, 0.3) is 5.91 Å². The Labute approximate surface area is 584 Å². The Balaban J connectivity index is 3.14. The quantitative estimate of drug-likeness (QED) is 0.0806. The number of nitrogens with one attached hydrogen (secondary N) is 4. The fourth-order valence-corrected chi connectivity index (χ4v) is 13.4. The number of carbonyl (C=O) groups excluding carboxylic acids is 11. The number of amides is 11. The summed E-state index contributed by atoms with van der Waals surface area (Å²) in [7, 11) is 11.5. The van der Waals surface area contributed by atoms with E-state index in [0.717, 1.165) is 4.90 Å². The van der Waals surface area contributed by atoms with Gasteiger partial charge in [0.15, 0.2) is 5.37 Å². The molecule has 2 fully saturated rings. The molecule has 13 atom stereocenters. The van der Waals surface area contributed by atoms with E-state index in [1.165, 1.54) is 111 Å². The normalized spacial score (nSPS) is 27.1. The average Bonchev–Trinajstić information content (AvgIpc) is 0.815. The van der Waals surface area contributed by atoms with Crippen LogP contribution in [0.15, 0.2) is 12.2 Å². The first kappa shape index (κ1) is 87.2. The van der Waals surface area contributed by atoms with E-state index in [-0.39, 0.29) is 49.9 Å². The van der Waals surface area contributed by atoms with Crippen LogP contribution >= 0.6 is 11.8 Å². The third-order valence-corrected chi connectivity index (χ3v) is 20.1. The lowest BCUT2D eigenvalue weighted by Gasteiger charge is -2.41. The number of hydrogen-bond donors (Lipinski definition) is 5. The number of likely N-dealkylation sites (N-methyl/N-ethyl adjacent to an activating group) is 7. The molecule has 5 N–H and O–H groups in total. The SMILES string of the molecule is C/C=C/C[C@@H](C)[C@@H](O)[C@H]1C(=O)N[C@@H](CC)C(=O)N(C)[C@H](SCCCN2CCOCC2)C(=O)N(C)[C@@H](CC(C)(C)OC)C(=O)N[C@@H](C(C)C)C(=O)N(C)[C@@H](CC(C)C)C(=O)N[C@@H](C)C(=O)N[C@H](C)C(=O)N(C)[C@@H](CC(C)C)C(=O)N(C)[C@@H](CC(C)C)C(=O)N(C)[C@@H](C(C)C)C(=O)N1C. The van der Waals surface area contributed by atoms with E-state index in [9.17, 15) is 24.3 Å². The van der Waals surface area contributed by atoms with E-state index < -0.39 is 160 Å². The highest BCUT2D eigenvalue weighted by Gasteiger charge is 2.47. The molecule has 0 spiro atoms. The number of morpholine rings is 1. The Morgan fingerprint density at radius 3 is 1.53 bits per heavy atom. The number of methoxy groups -OCH3 is 1. The predicted octanol–water partition coefficient (Wildman–Crippen LogP) is 3.82. The van der Waals surface area contributed by atoms with E-state index in [2.05, 4.69) is 26.2 Å². The Kier molecular flexibility index (Phi) is 36.3. The van der Waals surface area contributed by atoms with E-state index in [1.807, 2.05) is 54.5 Å². The van der Waals surface area contributed by atoms with Gasteiger partial charge in [0.1, 0.15) is 60.4 Å². The first-order chi connectivity index (χ1) is 45.0. The van der Waals surface area contributed by atoms with Crippen LogP contribution < -0.4 is 21.3 Å². The summed E-state index contributed by atoms with van der Waals surface area (Å²) in [5.74, 6) is -9.61. The van der Waals surface area contributed by atoms with Crippen LogP contribution in [0.1, 0.15) is 163 Å². The molecule has 97 heavy (non-hydrogen) atoms. The van der Waals surface area contributed by atoms with Gasteiger partial charge in [0.2, 0.25) is 59.1 Å². The van der Waals surface area contributed by atoms with Crippen molar-refractivity contribution in [1.82, 2.24) is 60.5 Å². The monoisotopic (exact) mass is 1390 g/mol. The Morgan fingerprint density at radius 2 is 1.03 bits per heavy atom. The topological polar surface area (TPSA) is 300 Å². The molecule has 0 radical (unpaired) electrons. The second kappa shape index (κ2) is 40.4. The summed E-state index contributed by atoms with van der Waals surface area (Å²) in [6.45, 7) is 32.9. The smallest absolute Gasteiger partial charge is 0.256 e. The maximum Gasteiger partial charge on any atom is 0.256 e. The molecule has 0 unspecified atom stereocenters. The zero-order chi connectivity index (χ0) is 74.4. The molecule has 2 saturated heterocycles. The lowest BCUT2D eigenvalue weighted by Crippen LogP contribution is -2.64. The van der Waals surface area contributed by atoms with Crippen molar-refractivity contribution in [1.29, 1.82) is 0 Å². The molecule has 11 amide bonds. The van der Waals surface area contributed by atoms with Crippen molar-refractivity contribution in [2.24, 2.45) is 35.5 Å². The Bertz CT molecular complexity index is 2650. The van der Waals surface area contributed by atoms with Crippen LogP contribution in [0.5, 0.6) is 0 Å². The van der Waals surface area contributed by atoms with Crippen molar-refractivity contribution < 1.29 is 67.3 Å². The molecule has 0 bridgehead atoms. The largest absolute Gasteiger partial charge is 0.390 e. The minimum atomic E-state index is -1.65. The molecule has 26 nitrogen and oxygen atoms in total. The fourth-order valence-electron chi connectivity index (χ4n) is 12.3. The minimum absolute atomic E-state index is 0.0157. The van der Waals surface area contributed by atoms with Crippen molar-refractivity contribution in [2.75, 3.05) is 95.0 Å². The van der Waals surface area contributed by atoms with Gasteiger partial charge in [-0.15, -0.1) is 11.8 Å². The highest BCUT2D eigenvalue weighted by atomic mass is 32.2. The second-order valence-corrected chi connectivity index (χ2v) is 30.5. The van der Waals surface area contributed by atoms with Gasteiger partial charge in [-0.3, -0.25) is 57.6 Å². The summed E-state index contributed by atoms with van der Waals surface area (Å²) in [4.78, 5) is 176. The number of carbonyl (C=O) groups is 11. The maximum atomic E-state index is 15.6. The number of nitrogens with zero attached hydrogens (tertiary/aromatic N) is 8. The van der Waals surface area contributed by atoms with Gasteiger partial charge in [0.05, 0.1) is 24.9 Å². The molecular weight excluding hydrogens is 1260 g/mol. The van der Waals surface area contributed by atoms with Gasteiger partial charge in [0, 0.05) is 76.0 Å². The van der Waals surface area contributed by atoms with E-state index in [4.69, 9.17) is 9.47 Å². The summed E-state index contributed by atoms with van der Waals surface area (Å²) >= 11 is 1.17. The van der Waals surface area contributed by atoms with Gasteiger partial charge >= 0.3 is 0 Å². The van der Waals surface area contributed by atoms with E-state index >= 15 is 33.6 Å². The highest BCUT2D eigenvalue weighted by Crippen LogP contribution is 2.28. The predicted molar refractivity (Wildman–Crippen MR) is 378 cm³/mol. The van der Waals surface area contributed by atoms with Crippen LogP contribution in [0.25, 0.3) is 0 Å². The summed E-state index contributed by atoms with van der Waals surface area (Å²) in [6, 6.07) is -12.9. The van der Waals surface area contributed by atoms with Crippen LogP contribution in [0.2, 0.25) is 0 Å². The van der Waals surface area contributed by atoms with Crippen molar-refractivity contribution >= 4 is 76.7 Å². The second-order valence-electron chi connectivity index (χ2n) is 29.4. The van der Waals surface area contributed by atoms with Crippen LogP contribution in [0, 0.1) is 35.5 Å². The third kappa shape index (κ3) is 25.0. The van der Waals surface area contributed by atoms with Crippen LogP contribution in [-0.2, 0) is 62.2 Å². The third-order valence-electron chi connectivity index (χ3n) is 18.7. The van der Waals surface area contributed by atoms with Gasteiger partial charge < -0.3 is 70.1 Å². The average molecular weight is 1390 g/mol. The van der Waals surface area contributed by atoms with Crippen LogP contribution in [0.4, 0.5) is 0 Å². The Hall–Kier alpha value is -5.90. The first-order valence-corrected chi connectivity index (χ1v) is 35.9. The molecule has 0 saturated carbocycles. The van der Waals surface area contributed by atoms with Crippen LogP contribution in [0.3, 0.4) is 0 Å². The molecule has 0 aromatic carbocycles. The molecular formula is C70H126N12O14S. The number of aliphatic hydroxyl groups excluding tert-OH is 1. The van der Waals surface area contributed by atoms with Crippen molar-refractivity contribution in [2.45, 2.75) is 240 Å². The number of ether oxygens (including phenoxy) is 2. The molecule has 27 heteroatoms. The van der Waals surface area contributed by atoms with Crippen molar-refractivity contribution in [3.05, 3.63) is 12.2 Å². The number of aliphatic hydroxyl groups is 1.